The number of hydrazone groups is 1. The minimum atomic E-state index is -0.545. The summed E-state index contributed by atoms with van der Waals surface area (Å²) in [7, 11) is 1.59. The number of hydrogen-bond donors (Lipinski definition) is 1. The molecule has 3 rings (SSSR count). The standard InChI is InChI=1S/C19H16N2O5/c1-24-14-8-6-13(7-9-14)11-20-21-18(22)12-25-17-10-19(23)26-16-5-3-2-4-15(16)17/h2-11H,12H2,1H3,(H,21,22)/b20-11-. The van der Waals surface area contributed by atoms with Crippen molar-refractivity contribution >= 4 is 23.1 Å². The molecule has 132 valence electrons. The van der Waals surface area contributed by atoms with E-state index in [2.05, 4.69) is 10.5 Å². The fourth-order valence-corrected chi connectivity index (χ4v) is 2.25. The predicted molar refractivity (Wildman–Crippen MR) is 96.7 cm³/mol. The Kier molecular flexibility index (Phi) is 5.28. The molecule has 0 atom stereocenters. The van der Waals surface area contributed by atoms with Gasteiger partial charge in [0.05, 0.1) is 24.8 Å². The van der Waals surface area contributed by atoms with Crippen LogP contribution in [0.2, 0.25) is 0 Å². The monoisotopic (exact) mass is 352 g/mol. The third-order valence-corrected chi connectivity index (χ3v) is 3.49. The highest BCUT2D eigenvalue weighted by atomic mass is 16.5. The SMILES string of the molecule is COc1ccc(/C=N\NC(=O)COc2cc(=O)oc3ccccc23)cc1. The number of amides is 1. The number of carbonyl (C=O) groups is 1. The van der Waals surface area contributed by atoms with E-state index in [0.29, 0.717) is 11.0 Å². The smallest absolute Gasteiger partial charge is 0.339 e. The molecule has 0 aliphatic rings. The molecule has 3 aromatic rings. The van der Waals surface area contributed by atoms with Crippen LogP contribution in [0.1, 0.15) is 5.56 Å². The van der Waals surface area contributed by atoms with Crippen LogP contribution in [0.15, 0.2) is 68.9 Å². The lowest BCUT2D eigenvalue weighted by Crippen LogP contribution is -2.24. The van der Waals surface area contributed by atoms with Crippen LogP contribution < -0.4 is 20.5 Å². The molecule has 0 radical (unpaired) electrons. The topological polar surface area (TPSA) is 90.1 Å². The third kappa shape index (κ3) is 4.27. The highest BCUT2D eigenvalue weighted by Crippen LogP contribution is 2.22. The van der Waals surface area contributed by atoms with Crippen LogP contribution in [0.25, 0.3) is 11.0 Å². The number of benzene rings is 2. The van der Waals surface area contributed by atoms with Crippen LogP contribution >= 0.6 is 0 Å². The summed E-state index contributed by atoms with van der Waals surface area (Å²) in [6, 6.07) is 15.3. The van der Waals surface area contributed by atoms with E-state index in [1.807, 2.05) is 0 Å². The molecule has 0 bridgehead atoms. The fraction of sp³-hybridized carbons (Fsp3) is 0.105. The molecule has 7 heteroatoms. The van der Waals surface area contributed by atoms with Crippen LogP contribution in [0.5, 0.6) is 11.5 Å². The van der Waals surface area contributed by atoms with Gasteiger partial charge in [-0.1, -0.05) is 12.1 Å². The van der Waals surface area contributed by atoms with Crippen molar-refractivity contribution in [3.63, 3.8) is 0 Å². The number of para-hydroxylation sites is 1. The summed E-state index contributed by atoms with van der Waals surface area (Å²) in [6.07, 6.45) is 1.50. The summed E-state index contributed by atoms with van der Waals surface area (Å²) in [5.41, 5.74) is 3.02. The molecule has 7 nitrogen and oxygen atoms in total. The molecule has 0 saturated heterocycles. The Balaban J connectivity index is 1.59. The number of methoxy groups -OCH3 is 1. The quantitative estimate of drug-likeness (QED) is 0.418. The maximum absolute atomic E-state index is 11.9. The Morgan fingerprint density at radius 3 is 2.73 bits per heavy atom. The largest absolute Gasteiger partial charge is 0.497 e. The van der Waals surface area contributed by atoms with E-state index >= 15 is 0 Å². The summed E-state index contributed by atoms with van der Waals surface area (Å²) >= 11 is 0. The van der Waals surface area contributed by atoms with Crippen LogP contribution in [-0.2, 0) is 4.79 Å². The van der Waals surface area contributed by atoms with Crippen molar-refractivity contribution in [3.8, 4) is 11.5 Å². The van der Waals surface area contributed by atoms with E-state index in [-0.39, 0.29) is 12.4 Å². The lowest BCUT2D eigenvalue weighted by atomic mass is 10.2. The van der Waals surface area contributed by atoms with Crippen molar-refractivity contribution in [2.45, 2.75) is 0 Å². The van der Waals surface area contributed by atoms with E-state index in [1.165, 1.54) is 12.3 Å². The van der Waals surface area contributed by atoms with E-state index in [4.69, 9.17) is 13.9 Å². The number of rotatable bonds is 6. The summed E-state index contributed by atoms with van der Waals surface area (Å²) in [4.78, 5) is 23.4. The highest BCUT2D eigenvalue weighted by molar-refractivity contribution is 5.85. The first-order valence-electron chi connectivity index (χ1n) is 7.77. The van der Waals surface area contributed by atoms with Gasteiger partial charge in [0.1, 0.15) is 17.1 Å². The molecule has 0 aliphatic heterocycles. The van der Waals surface area contributed by atoms with Gasteiger partial charge in [0.15, 0.2) is 6.61 Å². The lowest BCUT2D eigenvalue weighted by molar-refractivity contribution is -0.123. The molecule has 0 aliphatic carbocycles. The molecule has 2 aromatic carbocycles. The second-order valence-corrected chi connectivity index (χ2v) is 5.28. The summed E-state index contributed by atoms with van der Waals surface area (Å²) in [5, 5.41) is 4.48. The minimum absolute atomic E-state index is 0.283. The zero-order chi connectivity index (χ0) is 18.4. The molecule has 1 aromatic heterocycles. The van der Waals surface area contributed by atoms with Gasteiger partial charge in [-0.2, -0.15) is 5.10 Å². The molecular weight excluding hydrogens is 336 g/mol. The van der Waals surface area contributed by atoms with Crippen molar-refractivity contribution in [1.82, 2.24) is 5.43 Å². The third-order valence-electron chi connectivity index (χ3n) is 3.49. The molecule has 26 heavy (non-hydrogen) atoms. The average Bonchev–Trinajstić information content (AvgIpc) is 2.66. The number of nitrogens with zero attached hydrogens (tertiary/aromatic N) is 1. The highest BCUT2D eigenvalue weighted by Gasteiger charge is 2.08. The predicted octanol–water partition coefficient (Wildman–Crippen LogP) is 2.33. The van der Waals surface area contributed by atoms with Crippen molar-refractivity contribution in [3.05, 3.63) is 70.6 Å². The molecule has 0 spiro atoms. The van der Waals surface area contributed by atoms with Gasteiger partial charge >= 0.3 is 5.63 Å². The van der Waals surface area contributed by atoms with E-state index in [1.54, 1.807) is 55.6 Å². The average molecular weight is 352 g/mol. The van der Waals surface area contributed by atoms with Crippen LogP contribution in [-0.4, -0.2) is 25.8 Å². The van der Waals surface area contributed by atoms with E-state index in [9.17, 15) is 9.59 Å². The Bertz CT molecular complexity index is 993. The van der Waals surface area contributed by atoms with E-state index in [0.717, 1.165) is 11.3 Å². The first-order chi connectivity index (χ1) is 12.7. The number of hydrogen-bond acceptors (Lipinski definition) is 6. The maximum atomic E-state index is 11.9. The van der Waals surface area contributed by atoms with Gasteiger partial charge in [0.25, 0.3) is 5.91 Å². The van der Waals surface area contributed by atoms with Gasteiger partial charge < -0.3 is 13.9 Å². The Hall–Kier alpha value is -3.61. The van der Waals surface area contributed by atoms with Crippen molar-refractivity contribution < 1.29 is 18.7 Å². The van der Waals surface area contributed by atoms with Crippen LogP contribution in [0.4, 0.5) is 0 Å². The number of fused-ring (bicyclic) bond motifs is 1. The Morgan fingerprint density at radius 2 is 1.96 bits per heavy atom. The zero-order valence-corrected chi connectivity index (χ0v) is 14.0. The first kappa shape index (κ1) is 17.2. The zero-order valence-electron chi connectivity index (χ0n) is 14.0. The second-order valence-electron chi connectivity index (χ2n) is 5.28. The van der Waals surface area contributed by atoms with E-state index < -0.39 is 11.5 Å². The number of ether oxygens (including phenoxy) is 2. The molecule has 0 fully saturated rings. The fourth-order valence-electron chi connectivity index (χ4n) is 2.25. The lowest BCUT2D eigenvalue weighted by Gasteiger charge is -2.07. The van der Waals surface area contributed by atoms with Gasteiger partial charge in [-0.05, 0) is 42.0 Å². The minimum Gasteiger partial charge on any atom is -0.497 e. The number of carbonyl (C=O) groups excluding carboxylic acids is 1. The van der Waals surface area contributed by atoms with Gasteiger partial charge in [-0.3, -0.25) is 4.79 Å². The van der Waals surface area contributed by atoms with Gasteiger partial charge in [-0.25, -0.2) is 10.2 Å². The normalized spacial score (nSPS) is 10.8. The number of nitrogens with one attached hydrogen (secondary N) is 1. The Labute approximate surface area is 148 Å². The summed E-state index contributed by atoms with van der Waals surface area (Å²) in [5.74, 6) is 0.567. The van der Waals surface area contributed by atoms with Crippen LogP contribution in [0.3, 0.4) is 0 Å². The van der Waals surface area contributed by atoms with Gasteiger partial charge in [0.2, 0.25) is 0 Å². The molecular formula is C19H16N2O5. The summed E-state index contributed by atoms with van der Waals surface area (Å²) in [6.45, 7) is -0.284. The molecule has 1 amide bonds. The van der Waals surface area contributed by atoms with Crippen LogP contribution in [0, 0.1) is 0 Å². The Morgan fingerprint density at radius 1 is 1.19 bits per heavy atom. The van der Waals surface area contributed by atoms with Gasteiger partial charge in [0, 0.05) is 0 Å². The van der Waals surface area contributed by atoms with Crippen molar-refractivity contribution in [1.29, 1.82) is 0 Å². The maximum Gasteiger partial charge on any atom is 0.339 e. The van der Waals surface area contributed by atoms with Crippen molar-refractivity contribution in [2.75, 3.05) is 13.7 Å². The molecule has 1 N–H and O–H groups in total. The molecule has 0 saturated carbocycles. The second kappa shape index (κ2) is 7.98. The first-order valence-corrected chi connectivity index (χ1v) is 7.77. The van der Waals surface area contributed by atoms with Crippen molar-refractivity contribution in [2.24, 2.45) is 5.10 Å². The molecule has 1 heterocycles. The van der Waals surface area contributed by atoms with Gasteiger partial charge in [-0.15, -0.1) is 0 Å². The summed E-state index contributed by atoms with van der Waals surface area (Å²) < 4.78 is 15.6. The molecule has 0 unspecified atom stereocenters.